The van der Waals surface area contributed by atoms with Gasteiger partial charge in [-0.15, -0.1) is 0 Å². The van der Waals surface area contributed by atoms with Crippen LogP contribution >= 0.6 is 0 Å². The Kier molecular flexibility index (Phi) is 4.53. The van der Waals surface area contributed by atoms with Crippen molar-refractivity contribution in [3.63, 3.8) is 0 Å². The Bertz CT molecular complexity index is 642. The van der Waals surface area contributed by atoms with E-state index in [1.165, 1.54) is 0 Å². The van der Waals surface area contributed by atoms with Crippen LogP contribution < -0.4 is 5.32 Å². The smallest absolute Gasteiger partial charge is 0.207 e. The van der Waals surface area contributed by atoms with Crippen molar-refractivity contribution < 1.29 is 4.79 Å². The zero-order valence-electron chi connectivity index (χ0n) is 12.9. The molecule has 0 radical (unpaired) electrons. The third-order valence-electron chi connectivity index (χ3n) is 4.25. The minimum atomic E-state index is -0.412. The first-order chi connectivity index (χ1) is 11.4. The molecule has 0 unspecified atom stereocenters. The van der Waals surface area contributed by atoms with Gasteiger partial charge in [-0.25, -0.2) is 0 Å². The summed E-state index contributed by atoms with van der Waals surface area (Å²) in [5.74, 6) is 0. The summed E-state index contributed by atoms with van der Waals surface area (Å²) < 4.78 is 0. The van der Waals surface area contributed by atoms with Gasteiger partial charge in [0.1, 0.15) is 0 Å². The van der Waals surface area contributed by atoms with E-state index in [0.29, 0.717) is 6.54 Å². The minimum Gasteiger partial charge on any atom is -0.357 e. The van der Waals surface area contributed by atoms with Gasteiger partial charge in [0.25, 0.3) is 0 Å². The summed E-state index contributed by atoms with van der Waals surface area (Å²) in [7, 11) is 0. The van der Waals surface area contributed by atoms with Crippen molar-refractivity contribution in [2.24, 2.45) is 0 Å². The number of amides is 1. The van der Waals surface area contributed by atoms with Gasteiger partial charge >= 0.3 is 0 Å². The lowest BCUT2D eigenvalue weighted by molar-refractivity contribution is -0.109. The molecule has 114 valence electrons. The molecule has 2 heteroatoms. The normalized spacial score (nSPS) is 11.0. The topological polar surface area (TPSA) is 29.1 Å². The van der Waals surface area contributed by atoms with E-state index >= 15 is 0 Å². The van der Waals surface area contributed by atoms with E-state index < -0.39 is 5.41 Å². The van der Waals surface area contributed by atoms with Crippen molar-refractivity contribution in [1.29, 1.82) is 0 Å². The monoisotopic (exact) mass is 301 g/mol. The second-order valence-corrected chi connectivity index (χ2v) is 5.50. The van der Waals surface area contributed by atoms with E-state index in [4.69, 9.17) is 0 Å². The number of hydrogen-bond acceptors (Lipinski definition) is 1. The van der Waals surface area contributed by atoms with Gasteiger partial charge in [0.2, 0.25) is 6.41 Å². The number of nitrogens with one attached hydrogen (secondary N) is 1. The summed E-state index contributed by atoms with van der Waals surface area (Å²) in [5, 5.41) is 2.90. The average Bonchev–Trinajstić information content (AvgIpc) is 2.65. The molecule has 1 N–H and O–H groups in total. The van der Waals surface area contributed by atoms with Gasteiger partial charge in [-0.1, -0.05) is 91.0 Å². The molecule has 0 aromatic heterocycles. The van der Waals surface area contributed by atoms with E-state index in [9.17, 15) is 4.79 Å². The van der Waals surface area contributed by atoms with E-state index in [1.807, 2.05) is 54.6 Å². The van der Waals surface area contributed by atoms with Crippen LogP contribution in [0.1, 0.15) is 16.7 Å². The lowest BCUT2D eigenvalue weighted by atomic mass is 9.69. The lowest BCUT2D eigenvalue weighted by Gasteiger charge is -2.35. The SMILES string of the molecule is O=CNCC(c1ccccc1)(c1ccccc1)c1ccccc1. The van der Waals surface area contributed by atoms with Crippen LogP contribution in [-0.4, -0.2) is 13.0 Å². The molecular formula is C21H19NO. The molecule has 3 rings (SSSR count). The van der Waals surface area contributed by atoms with Crippen LogP contribution in [0.4, 0.5) is 0 Å². The maximum absolute atomic E-state index is 11.0. The molecule has 2 nitrogen and oxygen atoms in total. The Labute approximate surface area is 136 Å². The van der Waals surface area contributed by atoms with Gasteiger partial charge < -0.3 is 5.32 Å². The first-order valence-electron chi connectivity index (χ1n) is 7.71. The Hall–Kier alpha value is -2.87. The molecule has 0 bridgehead atoms. The molecule has 1 amide bonds. The standard InChI is InChI=1S/C21H19NO/c23-17-22-16-21(18-10-4-1-5-11-18,19-12-6-2-7-13-19)20-14-8-3-9-15-20/h1-15,17H,16H2,(H,22,23). The summed E-state index contributed by atoms with van der Waals surface area (Å²) in [6.45, 7) is 0.508. The largest absolute Gasteiger partial charge is 0.357 e. The summed E-state index contributed by atoms with van der Waals surface area (Å²) in [6.07, 6.45) is 0.767. The molecule has 23 heavy (non-hydrogen) atoms. The van der Waals surface area contributed by atoms with E-state index in [0.717, 1.165) is 23.1 Å². The van der Waals surface area contributed by atoms with Gasteiger partial charge in [0.15, 0.2) is 0 Å². The maximum Gasteiger partial charge on any atom is 0.207 e. The average molecular weight is 301 g/mol. The van der Waals surface area contributed by atoms with E-state index in [-0.39, 0.29) is 0 Å². The second kappa shape index (κ2) is 6.93. The van der Waals surface area contributed by atoms with Gasteiger partial charge in [0, 0.05) is 6.54 Å². The third kappa shape index (κ3) is 2.88. The molecule has 0 fully saturated rings. The Morgan fingerprint density at radius 3 is 1.30 bits per heavy atom. The fourth-order valence-corrected chi connectivity index (χ4v) is 3.17. The van der Waals surface area contributed by atoms with Crippen LogP contribution in [0.25, 0.3) is 0 Å². The highest BCUT2D eigenvalue weighted by molar-refractivity contribution is 5.54. The van der Waals surface area contributed by atoms with E-state index in [2.05, 4.69) is 41.7 Å². The molecule has 0 saturated heterocycles. The van der Waals surface area contributed by atoms with Crippen molar-refractivity contribution in [1.82, 2.24) is 5.32 Å². The molecule has 0 heterocycles. The highest BCUT2D eigenvalue weighted by Gasteiger charge is 2.35. The van der Waals surface area contributed by atoms with Crippen molar-refractivity contribution in [3.8, 4) is 0 Å². The lowest BCUT2D eigenvalue weighted by Crippen LogP contribution is -2.40. The quantitative estimate of drug-likeness (QED) is 0.545. The van der Waals surface area contributed by atoms with Crippen LogP contribution in [-0.2, 0) is 10.2 Å². The Morgan fingerprint density at radius 1 is 0.652 bits per heavy atom. The predicted molar refractivity (Wildman–Crippen MR) is 93.3 cm³/mol. The minimum absolute atomic E-state index is 0.412. The Balaban J connectivity index is 2.27. The second-order valence-electron chi connectivity index (χ2n) is 5.50. The van der Waals surface area contributed by atoms with Crippen LogP contribution in [0, 0.1) is 0 Å². The summed E-state index contributed by atoms with van der Waals surface area (Å²) in [6, 6.07) is 31.0. The third-order valence-corrected chi connectivity index (χ3v) is 4.25. The zero-order chi connectivity index (χ0) is 16.0. The Morgan fingerprint density at radius 2 is 1.00 bits per heavy atom. The van der Waals surface area contributed by atoms with Gasteiger partial charge in [-0.05, 0) is 16.7 Å². The number of carbonyl (C=O) groups is 1. The van der Waals surface area contributed by atoms with Crippen molar-refractivity contribution in [3.05, 3.63) is 108 Å². The highest BCUT2D eigenvalue weighted by atomic mass is 16.1. The van der Waals surface area contributed by atoms with E-state index in [1.54, 1.807) is 0 Å². The van der Waals surface area contributed by atoms with Crippen LogP contribution in [0.5, 0.6) is 0 Å². The number of benzene rings is 3. The molecule has 3 aromatic rings. The highest BCUT2D eigenvalue weighted by Crippen LogP contribution is 2.38. The summed E-state index contributed by atoms with van der Waals surface area (Å²) in [4.78, 5) is 11.0. The number of carbonyl (C=O) groups excluding carboxylic acids is 1. The molecule has 0 aliphatic carbocycles. The molecule has 0 aliphatic rings. The number of hydrogen-bond donors (Lipinski definition) is 1. The first kappa shape index (κ1) is 15.0. The van der Waals surface area contributed by atoms with Gasteiger partial charge in [-0.3, -0.25) is 4.79 Å². The molecule has 3 aromatic carbocycles. The molecule has 0 saturated carbocycles. The fourth-order valence-electron chi connectivity index (χ4n) is 3.17. The zero-order valence-corrected chi connectivity index (χ0v) is 12.9. The van der Waals surface area contributed by atoms with Crippen LogP contribution in [0.2, 0.25) is 0 Å². The van der Waals surface area contributed by atoms with Gasteiger partial charge in [0.05, 0.1) is 5.41 Å². The van der Waals surface area contributed by atoms with Gasteiger partial charge in [-0.2, -0.15) is 0 Å². The predicted octanol–water partition coefficient (Wildman–Crippen LogP) is 3.77. The number of rotatable bonds is 6. The first-order valence-corrected chi connectivity index (χ1v) is 7.71. The van der Waals surface area contributed by atoms with Crippen LogP contribution in [0.3, 0.4) is 0 Å². The van der Waals surface area contributed by atoms with Crippen molar-refractivity contribution in [2.75, 3.05) is 6.54 Å². The van der Waals surface area contributed by atoms with Crippen molar-refractivity contribution >= 4 is 6.41 Å². The molecule has 0 atom stereocenters. The van der Waals surface area contributed by atoms with Crippen molar-refractivity contribution in [2.45, 2.75) is 5.41 Å². The maximum atomic E-state index is 11.0. The van der Waals surface area contributed by atoms with Crippen LogP contribution in [0.15, 0.2) is 91.0 Å². The molecule has 0 spiro atoms. The summed E-state index contributed by atoms with van der Waals surface area (Å²) >= 11 is 0. The summed E-state index contributed by atoms with van der Waals surface area (Å²) in [5.41, 5.74) is 3.07. The fraction of sp³-hybridized carbons (Fsp3) is 0.0952. The molecular weight excluding hydrogens is 282 g/mol. The molecule has 0 aliphatic heterocycles.